The minimum atomic E-state index is 0.116. The van der Waals surface area contributed by atoms with Crippen LogP contribution in [0.5, 0.6) is 0 Å². The van der Waals surface area contributed by atoms with Crippen LogP contribution < -0.4 is 5.32 Å². The Morgan fingerprint density at radius 3 is 2.46 bits per heavy atom. The molecule has 0 spiro atoms. The van der Waals surface area contributed by atoms with Crippen LogP contribution in [0.4, 0.5) is 0 Å². The van der Waals surface area contributed by atoms with Gasteiger partial charge in [-0.2, -0.15) is 0 Å². The molecular weight excluding hydrogens is 296 g/mol. The summed E-state index contributed by atoms with van der Waals surface area (Å²) in [6.45, 7) is 5.17. The molecule has 4 rings (SSSR count). The van der Waals surface area contributed by atoms with Crippen LogP contribution in [0.1, 0.15) is 49.7 Å². The van der Waals surface area contributed by atoms with Gasteiger partial charge in [-0.1, -0.05) is 35.4 Å². The van der Waals surface area contributed by atoms with Gasteiger partial charge in [0.25, 0.3) is 0 Å². The van der Waals surface area contributed by atoms with Crippen molar-refractivity contribution >= 4 is 5.91 Å². The molecule has 1 N–H and O–H groups in total. The zero-order valence-electron chi connectivity index (χ0n) is 14.7. The van der Waals surface area contributed by atoms with Crippen molar-refractivity contribution in [1.82, 2.24) is 10.2 Å². The Morgan fingerprint density at radius 2 is 1.88 bits per heavy atom. The van der Waals surface area contributed by atoms with E-state index in [0.29, 0.717) is 0 Å². The monoisotopic (exact) mass is 324 g/mol. The largest absolute Gasteiger partial charge is 0.352 e. The first kappa shape index (κ1) is 15.9. The van der Waals surface area contributed by atoms with Gasteiger partial charge in [-0.25, -0.2) is 0 Å². The second-order valence-corrected chi connectivity index (χ2v) is 7.88. The van der Waals surface area contributed by atoms with Crippen molar-refractivity contribution < 1.29 is 4.79 Å². The highest BCUT2D eigenvalue weighted by Gasteiger charge is 2.49. The van der Waals surface area contributed by atoms with Gasteiger partial charge >= 0.3 is 0 Å². The fraction of sp³-hybridized carbons (Fsp3) is 0.571. The fourth-order valence-electron chi connectivity index (χ4n) is 3.94. The number of aryl methyl sites for hydroxylation is 1. The van der Waals surface area contributed by atoms with Gasteiger partial charge in [0.05, 0.1) is 0 Å². The summed E-state index contributed by atoms with van der Waals surface area (Å²) in [5.74, 6) is 0.864. The van der Waals surface area contributed by atoms with Crippen LogP contribution in [-0.2, 0) is 10.3 Å². The third-order valence-electron chi connectivity index (χ3n) is 5.92. The lowest BCUT2D eigenvalue weighted by Crippen LogP contribution is -2.40. The molecule has 0 unspecified atom stereocenters. The van der Waals surface area contributed by atoms with Crippen molar-refractivity contribution in [2.75, 3.05) is 19.6 Å². The molecule has 2 aliphatic carbocycles. The number of nitrogens with zero attached hydrogens (tertiary/aromatic N) is 1. The number of hydrogen-bond acceptors (Lipinski definition) is 2. The van der Waals surface area contributed by atoms with Gasteiger partial charge in [0, 0.05) is 31.2 Å². The van der Waals surface area contributed by atoms with Crippen LogP contribution in [0.25, 0.3) is 0 Å². The molecule has 1 amide bonds. The summed E-state index contributed by atoms with van der Waals surface area (Å²) in [5, 5.41) is 3.05. The van der Waals surface area contributed by atoms with Crippen LogP contribution in [0.2, 0.25) is 0 Å². The number of likely N-dealkylation sites (tertiary alicyclic amines) is 1. The molecule has 3 heteroatoms. The van der Waals surface area contributed by atoms with E-state index in [2.05, 4.69) is 41.4 Å². The average Bonchev–Trinajstić information content (AvgIpc) is 3.48. The summed E-state index contributed by atoms with van der Waals surface area (Å²) < 4.78 is 0. The van der Waals surface area contributed by atoms with Crippen molar-refractivity contribution in [2.45, 2.75) is 51.0 Å². The summed E-state index contributed by atoms with van der Waals surface area (Å²) >= 11 is 0. The van der Waals surface area contributed by atoms with Crippen LogP contribution >= 0.6 is 0 Å². The Morgan fingerprint density at radius 1 is 1.21 bits per heavy atom. The first-order valence-corrected chi connectivity index (χ1v) is 9.45. The molecule has 1 aliphatic heterocycles. The van der Waals surface area contributed by atoms with Crippen molar-refractivity contribution in [3.05, 3.63) is 47.0 Å². The van der Waals surface area contributed by atoms with E-state index in [1.165, 1.54) is 42.4 Å². The van der Waals surface area contributed by atoms with Gasteiger partial charge in [0.1, 0.15) is 0 Å². The van der Waals surface area contributed by atoms with E-state index in [-0.39, 0.29) is 11.4 Å². The summed E-state index contributed by atoms with van der Waals surface area (Å²) in [5.41, 5.74) is 4.41. The molecule has 0 radical (unpaired) electrons. The lowest BCUT2D eigenvalue weighted by molar-refractivity contribution is -0.116. The number of amides is 1. The normalized spacial score (nSPS) is 23.0. The molecule has 3 aliphatic rings. The number of carbonyl (C=O) groups excluding carboxylic acids is 1. The maximum atomic E-state index is 12.0. The zero-order valence-corrected chi connectivity index (χ0v) is 14.7. The van der Waals surface area contributed by atoms with E-state index in [0.717, 1.165) is 38.4 Å². The zero-order chi connectivity index (χ0) is 16.6. The second kappa shape index (κ2) is 6.36. The minimum absolute atomic E-state index is 0.116. The molecule has 1 saturated heterocycles. The SMILES string of the molecule is Cc1ccc(C2(N3CCC(=CC(=O)NCC4CC4)CC3)CC2)cc1. The summed E-state index contributed by atoms with van der Waals surface area (Å²) in [6, 6.07) is 9.07. The van der Waals surface area contributed by atoms with E-state index >= 15 is 0 Å². The van der Waals surface area contributed by atoms with Gasteiger partial charge in [0.15, 0.2) is 0 Å². The van der Waals surface area contributed by atoms with E-state index in [9.17, 15) is 4.79 Å². The third kappa shape index (κ3) is 3.41. The van der Waals surface area contributed by atoms with E-state index in [1.807, 2.05) is 6.08 Å². The van der Waals surface area contributed by atoms with Crippen molar-refractivity contribution in [2.24, 2.45) is 5.92 Å². The maximum Gasteiger partial charge on any atom is 0.243 e. The molecule has 1 heterocycles. The number of benzene rings is 1. The first-order chi connectivity index (χ1) is 11.7. The van der Waals surface area contributed by atoms with E-state index in [4.69, 9.17) is 0 Å². The highest BCUT2D eigenvalue weighted by atomic mass is 16.1. The molecule has 2 saturated carbocycles. The molecule has 0 aromatic heterocycles. The fourth-order valence-corrected chi connectivity index (χ4v) is 3.94. The third-order valence-corrected chi connectivity index (χ3v) is 5.92. The summed E-state index contributed by atoms with van der Waals surface area (Å²) in [7, 11) is 0. The average molecular weight is 324 g/mol. The molecule has 3 nitrogen and oxygen atoms in total. The first-order valence-electron chi connectivity index (χ1n) is 9.45. The number of piperidine rings is 1. The van der Waals surface area contributed by atoms with Crippen LogP contribution in [-0.4, -0.2) is 30.4 Å². The number of nitrogens with one attached hydrogen (secondary N) is 1. The van der Waals surface area contributed by atoms with Gasteiger partial charge < -0.3 is 5.32 Å². The van der Waals surface area contributed by atoms with Gasteiger partial charge in [-0.05, 0) is 56.9 Å². The Hall–Kier alpha value is -1.61. The molecule has 0 bridgehead atoms. The van der Waals surface area contributed by atoms with Crippen LogP contribution in [0.15, 0.2) is 35.9 Å². The van der Waals surface area contributed by atoms with Crippen molar-refractivity contribution in [3.63, 3.8) is 0 Å². The van der Waals surface area contributed by atoms with Crippen molar-refractivity contribution in [3.8, 4) is 0 Å². The minimum Gasteiger partial charge on any atom is -0.352 e. The molecule has 1 aromatic carbocycles. The standard InChI is InChI=1S/C21H28N2O/c1-16-2-6-19(7-3-16)21(10-11-21)23-12-8-17(9-13-23)14-20(24)22-15-18-4-5-18/h2-3,6-7,14,18H,4-5,8-13,15H2,1H3,(H,22,24). The summed E-state index contributed by atoms with van der Waals surface area (Å²) in [4.78, 5) is 14.6. The lowest BCUT2D eigenvalue weighted by atomic mass is 9.96. The highest BCUT2D eigenvalue weighted by molar-refractivity contribution is 5.88. The van der Waals surface area contributed by atoms with Gasteiger partial charge in [-0.3, -0.25) is 9.69 Å². The van der Waals surface area contributed by atoms with E-state index < -0.39 is 0 Å². The molecule has 1 aromatic rings. The Bertz CT molecular complexity index is 628. The predicted molar refractivity (Wildman–Crippen MR) is 96.7 cm³/mol. The predicted octanol–water partition coefficient (Wildman–Crippen LogP) is 3.53. The Balaban J connectivity index is 1.34. The van der Waals surface area contributed by atoms with Crippen molar-refractivity contribution in [1.29, 1.82) is 0 Å². The van der Waals surface area contributed by atoms with Crippen LogP contribution in [0, 0.1) is 12.8 Å². The second-order valence-electron chi connectivity index (χ2n) is 7.88. The van der Waals surface area contributed by atoms with Gasteiger partial charge in [-0.15, -0.1) is 0 Å². The number of rotatable bonds is 5. The Kier molecular flexibility index (Phi) is 4.21. The summed E-state index contributed by atoms with van der Waals surface area (Å²) in [6.07, 6.45) is 9.05. The van der Waals surface area contributed by atoms with E-state index in [1.54, 1.807) is 0 Å². The smallest absolute Gasteiger partial charge is 0.243 e. The molecule has 0 atom stereocenters. The topological polar surface area (TPSA) is 32.3 Å². The molecule has 24 heavy (non-hydrogen) atoms. The van der Waals surface area contributed by atoms with Gasteiger partial charge in [0.2, 0.25) is 5.91 Å². The highest BCUT2D eigenvalue weighted by Crippen LogP contribution is 2.52. The Labute approximate surface area is 145 Å². The molecular formula is C21H28N2O. The van der Waals surface area contributed by atoms with Crippen LogP contribution in [0.3, 0.4) is 0 Å². The number of hydrogen-bond donors (Lipinski definition) is 1. The quantitative estimate of drug-likeness (QED) is 0.840. The molecule has 3 fully saturated rings. The molecule has 128 valence electrons. The number of carbonyl (C=O) groups is 1. The maximum absolute atomic E-state index is 12.0. The lowest BCUT2D eigenvalue weighted by Gasteiger charge is -2.36.